The molecule has 3 rings (SSSR count). The van der Waals surface area contributed by atoms with E-state index in [1.807, 2.05) is 18.2 Å². The molecule has 0 atom stereocenters. The highest BCUT2D eigenvalue weighted by Gasteiger charge is 2.05. The van der Waals surface area contributed by atoms with Crippen LogP contribution in [-0.2, 0) is 13.1 Å². The maximum Gasteiger partial charge on any atom is 0.127 e. The molecule has 0 aromatic heterocycles. The third-order valence-corrected chi connectivity index (χ3v) is 3.95. The summed E-state index contributed by atoms with van der Waals surface area (Å²) < 4.78 is 10.7. The molecule has 1 N–H and O–H groups in total. The molecule has 0 unspecified atom stereocenters. The highest BCUT2D eigenvalue weighted by atomic mass is 16.5. The summed E-state index contributed by atoms with van der Waals surface area (Å²) in [5.41, 5.74) is 2.39. The second-order valence-electron chi connectivity index (χ2n) is 5.46. The van der Waals surface area contributed by atoms with Crippen molar-refractivity contribution in [2.24, 2.45) is 0 Å². The lowest BCUT2D eigenvalue weighted by molar-refractivity contribution is 0.390. The van der Waals surface area contributed by atoms with Crippen LogP contribution in [0.2, 0.25) is 0 Å². The second-order valence-corrected chi connectivity index (χ2v) is 5.46. The molecule has 23 heavy (non-hydrogen) atoms. The average molecular weight is 307 g/mol. The fourth-order valence-electron chi connectivity index (χ4n) is 2.69. The molecule has 118 valence electrons. The van der Waals surface area contributed by atoms with Crippen molar-refractivity contribution < 1.29 is 9.47 Å². The van der Waals surface area contributed by atoms with Crippen molar-refractivity contribution in [3.05, 3.63) is 71.8 Å². The van der Waals surface area contributed by atoms with Gasteiger partial charge in [-0.05, 0) is 28.5 Å². The summed E-state index contributed by atoms with van der Waals surface area (Å²) in [5.74, 6) is 1.65. The van der Waals surface area contributed by atoms with E-state index in [4.69, 9.17) is 9.47 Å². The lowest BCUT2D eigenvalue weighted by Crippen LogP contribution is -2.13. The zero-order chi connectivity index (χ0) is 16.1. The molecule has 0 aliphatic carbocycles. The Balaban J connectivity index is 1.66. The van der Waals surface area contributed by atoms with Crippen LogP contribution in [0.1, 0.15) is 11.1 Å². The number of methoxy groups -OCH3 is 2. The molecule has 0 aliphatic heterocycles. The van der Waals surface area contributed by atoms with Crippen LogP contribution in [0.15, 0.2) is 60.7 Å². The second kappa shape index (κ2) is 7.16. The summed E-state index contributed by atoms with van der Waals surface area (Å²) >= 11 is 0. The van der Waals surface area contributed by atoms with E-state index in [1.165, 1.54) is 16.3 Å². The fourth-order valence-corrected chi connectivity index (χ4v) is 2.69. The van der Waals surface area contributed by atoms with Crippen molar-refractivity contribution in [1.29, 1.82) is 0 Å². The van der Waals surface area contributed by atoms with E-state index in [9.17, 15) is 0 Å². The van der Waals surface area contributed by atoms with Gasteiger partial charge in [-0.2, -0.15) is 0 Å². The molecule has 0 bridgehead atoms. The van der Waals surface area contributed by atoms with Gasteiger partial charge in [0.1, 0.15) is 11.5 Å². The molecule has 0 spiro atoms. The molecule has 3 heteroatoms. The molecule has 3 nitrogen and oxygen atoms in total. The summed E-state index contributed by atoms with van der Waals surface area (Å²) in [5, 5.41) is 6.02. The van der Waals surface area contributed by atoms with E-state index in [-0.39, 0.29) is 0 Å². The monoisotopic (exact) mass is 307 g/mol. The SMILES string of the molecule is COc1ccc(CNCc2ccc3ccccc3c2)c(OC)c1. The minimum absolute atomic E-state index is 0.750. The number of benzene rings is 3. The van der Waals surface area contributed by atoms with E-state index < -0.39 is 0 Å². The first-order chi connectivity index (χ1) is 11.3. The van der Waals surface area contributed by atoms with E-state index in [0.717, 1.165) is 30.2 Å². The summed E-state index contributed by atoms with van der Waals surface area (Å²) in [4.78, 5) is 0. The zero-order valence-corrected chi connectivity index (χ0v) is 13.5. The first kappa shape index (κ1) is 15.4. The van der Waals surface area contributed by atoms with Crippen molar-refractivity contribution in [3.8, 4) is 11.5 Å². The molecule has 0 heterocycles. The van der Waals surface area contributed by atoms with Gasteiger partial charge in [0, 0.05) is 24.7 Å². The van der Waals surface area contributed by atoms with Gasteiger partial charge in [0.2, 0.25) is 0 Å². The van der Waals surface area contributed by atoms with Gasteiger partial charge < -0.3 is 14.8 Å². The van der Waals surface area contributed by atoms with Gasteiger partial charge in [0.25, 0.3) is 0 Å². The van der Waals surface area contributed by atoms with Gasteiger partial charge >= 0.3 is 0 Å². The minimum atomic E-state index is 0.750. The highest BCUT2D eigenvalue weighted by molar-refractivity contribution is 5.82. The first-order valence-electron chi connectivity index (χ1n) is 7.69. The maximum atomic E-state index is 5.43. The van der Waals surface area contributed by atoms with Crippen LogP contribution in [0.4, 0.5) is 0 Å². The average Bonchev–Trinajstić information content (AvgIpc) is 2.61. The molecule has 3 aromatic rings. The van der Waals surface area contributed by atoms with Crippen molar-refractivity contribution in [2.75, 3.05) is 14.2 Å². The largest absolute Gasteiger partial charge is 0.497 e. The van der Waals surface area contributed by atoms with Gasteiger partial charge in [0.15, 0.2) is 0 Å². The number of fused-ring (bicyclic) bond motifs is 1. The standard InChI is InChI=1S/C20H21NO2/c1-22-19-10-9-18(20(12-19)23-2)14-21-13-15-7-8-16-5-3-4-6-17(16)11-15/h3-12,21H,13-14H2,1-2H3. The number of nitrogens with one attached hydrogen (secondary N) is 1. The zero-order valence-electron chi connectivity index (χ0n) is 13.5. The summed E-state index contributed by atoms with van der Waals surface area (Å²) in [6.45, 7) is 1.57. The van der Waals surface area contributed by atoms with E-state index in [2.05, 4.69) is 47.8 Å². The Bertz CT molecular complexity index is 799. The summed E-state index contributed by atoms with van der Waals surface area (Å²) in [7, 11) is 3.34. The van der Waals surface area contributed by atoms with Crippen LogP contribution < -0.4 is 14.8 Å². The van der Waals surface area contributed by atoms with Crippen LogP contribution >= 0.6 is 0 Å². The Kier molecular flexibility index (Phi) is 4.79. The van der Waals surface area contributed by atoms with Crippen LogP contribution in [0.3, 0.4) is 0 Å². The summed E-state index contributed by atoms with van der Waals surface area (Å²) in [6, 6.07) is 20.9. The third kappa shape index (κ3) is 3.63. The van der Waals surface area contributed by atoms with E-state index in [0.29, 0.717) is 0 Å². The summed E-state index contributed by atoms with van der Waals surface area (Å²) in [6.07, 6.45) is 0. The van der Waals surface area contributed by atoms with Crippen LogP contribution in [-0.4, -0.2) is 14.2 Å². The molecule has 0 saturated carbocycles. The van der Waals surface area contributed by atoms with Crippen molar-refractivity contribution >= 4 is 10.8 Å². The predicted octanol–water partition coefficient (Wildman–Crippen LogP) is 4.15. The lowest BCUT2D eigenvalue weighted by atomic mass is 10.1. The molecule has 0 amide bonds. The number of hydrogen-bond acceptors (Lipinski definition) is 3. The van der Waals surface area contributed by atoms with Gasteiger partial charge in [-0.15, -0.1) is 0 Å². The van der Waals surface area contributed by atoms with Crippen LogP contribution in [0, 0.1) is 0 Å². The molecule has 0 fully saturated rings. The molecule has 3 aromatic carbocycles. The number of hydrogen-bond donors (Lipinski definition) is 1. The van der Waals surface area contributed by atoms with Crippen molar-refractivity contribution in [1.82, 2.24) is 5.32 Å². The Morgan fingerprint density at radius 2 is 1.61 bits per heavy atom. The number of rotatable bonds is 6. The van der Waals surface area contributed by atoms with Crippen LogP contribution in [0.5, 0.6) is 11.5 Å². The van der Waals surface area contributed by atoms with Gasteiger partial charge in [-0.1, -0.05) is 42.5 Å². The quantitative estimate of drug-likeness (QED) is 0.742. The van der Waals surface area contributed by atoms with Crippen molar-refractivity contribution in [2.45, 2.75) is 13.1 Å². The Morgan fingerprint density at radius 1 is 0.783 bits per heavy atom. The Labute approximate surface area is 136 Å². The molecule has 0 radical (unpaired) electrons. The van der Waals surface area contributed by atoms with Gasteiger partial charge in [0.05, 0.1) is 14.2 Å². The highest BCUT2D eigenvalue weighted by Crippen LogP contribution is 2.24. The lowest BCUT2D eigenvalue weighted by Gasteiger charge is -2.11. The van der Waals surface area contributed by atoms with E-state index in [1.54, 1.807) is 14.2 Å². The molecule has 0 aliphatic rings. The van der Waals surface area contributed by atoms with Crippen molar-refractivity contribution in [3.63, 3.8) is 0 Å². The van der Waals surface area contributed by atoms with Gasteiger partial charge in [-0.3, -0.25) is 0 Å². The molecule has 0 saturated heterocycles. The van der Waals surface area contributed by atoms with Gasteiger partial charge in [-0.25, -0.2) is 0 Å². The molecular weight excluding hydrogens is 286 g/mol. The minimum Gasteiger partial charge on any atom is -0.497 e. The normalized spacial score (nSPS) is 10.7. The predicted molar refractivity (Wildman–Crippen MR) is 94.0 cm³/mol. The smallest absolute Gasteiger partial charge is 0.127 e. The molecular formula is C20H21NO2. The Morgan fingerprint density at radius 3 is 2.39 bits per heavy atom. The van der Waals surface area contributed by atoms with E-state index >= 15 is 0 Å². The first-order valence-corrected chi connectivity index (χ1v) is 7.69. The number of ether oxygens (including phenoxy) is 2. The maximum absolute atomic E-state index is 5.43. The topological polar surface area (TPSA) is 30.5 Å². The van der Waals surface area contributed by atoms with Crippen LogP contribution in [0.25, 0.3) is 10.8 Å². The fraction of sp³-hybridized carbons (Fsp3) is 0.200. The third-order valence-electron chi connectivity index (χ3n) is 3.95. The Hall–Kier alpha value is -2.52.